The maximum absolute atomic E-state index is 10.9. The van der Waals surface area contributed by atoms with Gasteiger partial charge in [0, 0.05) is 17.1 Å². The van der Waals surface area contributed by atoms with Crippen molar-refractivity contribution in [3.05, 3.63) is 42.1 Å². The highest BCUT2D eigenvalue weighted by Crippen LogP contribution is 2.14. The lowest BCUT2D eigenvalue weighted by Gasteiger charge is -1.98. The number of hydrogen-bond acceptors (Lipinski definition) is 3. The molecule has 0 aliphatic heterocycles. The Morgan fingerprint density at radius 3 is 3.06 bits per heavy atom. The first-order chi connectivity index (χ1) is 8.31. The largest absolute Gasteiger partial charge is 0.468 e. The predicted molar refractivity (Wildman–Crippen MR) is 65.3 cm³/mol. The van der Waals surface area contributed by atoms with Crippen LogP contribution in [0.3, 0.4) is 0 Å². The number of pyridine rings is 1. The quantitative estimate of drug-likeness (QED) is 0.551. The number of nitrogens with zero attached hydrogens (tertiary/aromatic N) is 1. The van der Waals surface area contributed by atoms with E-state index in [1.807, 2.05) is 30.3 Å². The van der Waals surface area contributed by atoms with Crippen LogP contribution in [0.1, 0.15) is 12.0 Å². The molecule has 1 aromatic heterocycles. The molecule has 84 valence electrons. The lowest BCUT2D eigenvalue weighted by atomic mass is 10.1. The zero-order valence-electron chi connectivity index (χ0n) is 9.43. The third-order valence-electron chi connectivity index (χ3n) is 2.33. The fourth-order valence-electron chi connectivity index (χ4n) is 1.50. The molecule has 0 aliphatic carbocycles. The smallest absolute Gasteiger partial charge is 0.317 e. The normalized spacial score (nSPS) is 9.47. The molecule has 3 nitrogen and oxygen atoms in total. The summed E-state index contributed by atoms with van der Waals surface area (Å²) >= 11 is 0. The molecule has 0 atom stereocenters. The summed E-state index contributed by atoms with van der Waals surface area (Å²) in [4.78, 5) is 15.2. The van der Waals surface area contributed by atoms with Gasteiger partial charge >= 0.3 is 5.97 Å². The van der Waals surface area contributed by atoms with Crippen LogP contribution in [-0.4, -0.2) is 18.1 Å². The van der Waals surface area contributed by atoms with Gasteiger partial charge in [0.05, 0.1) is 12.6 Å². The molecular weight excluding hydrogens is 214 g/mol. The molecule has 3 heteroatoms. The van der Waals surface area contributed by atoms with Gasteiger partial charge < -0.3 is 4.74 Å². The van der Waals surface area contributed by atoms with Gasteiger partial charge in [0.15, 0.2) is 0 Å². The number of carbonyl (C=O) groups excluding carboxylic acids is 1. The number of carbonyl (C=O) groups is 1. The summed E-state index contributed by atoms with van der Waals surface area (Å²) in [6.45, 7) is 0. The first-order valence-electron chi connectivity index (χ1n) is 5.20. The Labute approximate surface area is 99.4 Å². The first kappa shape index (κ1) is 11.2. The Kier molecular flexibility index (Phi) is 3.37. The third-order valence-corrected chi connectivity index (χ3v) is 2.33. The molecule has 17 heavy (non-hydrogen) atoms. The zero-order chi connectivity index (χ0) is 12.1. The molecule has 0 radical (unpaired) electrons. The van der Waals surface area contributed by atoms with E-state index in [0.717, 1.165) is 16.5 Å². The lowest BCUT2D eigenvalue weighted by molar-refractivity contribution is -0.139. The van der Waals surface area contributed by atoms with Gasteiger partial charge in [-0.3, -0.25) is 9.78 Å². The van der Waals surface area contributed by atoms with Crippen molar-refractivity contribution < 1.29 is 9.53 Å². The van der Waals surface area contributed by atoms with Gasteiger partial charge in [-0.25, -0.2) is 0 Å². The highest BCUT2D eigenvalue weighted by Gasteiger charge is 1.98. The van der Waals surface area contributed by atoms with Crippen LogP contribution in [0.15, 0.2) is 36.5 Å². The second-order valence-electron chi connectivity index (χ2n) is 3.43. The molecule has 0 fully saturated rings. The van der Waals surface area contributed by atoms with Crippen molar-refractivity contribution in [3.63, 3.8) is 0 Å². The maximum Gasteiger partial charge on any atom is 0.317 e. The topological polar surface area (TPSA) is 39.2 Å². The molecule has 1 aromatic carbocycles. The van der Waals surface area contributed by atoms with Gasteiger partial charge in [-0.2, -0.15) is 0 Å². The standard InChI is InChI=1S/C14H11NO2/c1-17-14(16)9-3-6-11-5-2-8-13-12(11)7-4-10-15-13/h2,4-5,7-8,10H,9H2,1H3. The third kappa shape index (κ3) is 2.61. The molecule has 2 aromatic rings. The minimum absolute atomic E-state index is 0.104. The van der Waals surface area contributed by atoms with E-state index in [1.165, 1.54) is 7.11 Å². The summed E-state index contributed by atoms with van der Waals surface area (Å²) in [5, 5.41) is 0.993. The molecule has 0 amide bonds. The predicted octanol–water partition coefficient (Wildman–Crippen LogP) is 2.15. The van der Waals surface area contributed by atoms with Crippen LogP contribution in [0, 0.1) is 11.8 Å². The zero-order valence-corrected chi connectivity index (χ0v) is 9.43. The number of ether oxygens (including phenoxy) is 1. The van der Waals surface area contributed by atoms with Crippen LogP contribution in [-0.2, 0) is 9.53 Å². The summed E-state index contributed by atoms with van der Waals surface area (Å²) in [5.74, 6) is 5.43. The fraction of sp³-hybridized carbons (Fsp3) is 0.143. The van der Waals surface area contributed by atoms with Crippen LogP contribution in [0.5, 0.6) is 0 Å². The molecule has 0 unspecified atom stereocenters. The van der Waals surface area contributed by atoms with Gasteiger partial charge in [-0.15, -0.1) is 0 Å². The number of aromatic nitrogens is 1. The number of methoxy groups -OCH3 is 1. The highest BCUT2D eigenvalue weighted by molar-refractivity contribution is 5.85. The Bertz CT molecular complexity index is 603. The Morgan fingerprint density at radius 2 is 2.24 bits per heavy atom. The highest BCUT2D eigenvalue weighted by atomic mass is 16.5. The summed E-state index contributed by atoms with van der Waals surface area (Å²) in [6, 6.07) is 9.57. The Balaban J connectivity index is 2.33. The van der Waals surface area contributed by atoms with Crippen molar-refractivity contribution in [2.45, 2.75) is 6.42 Å². The number of benzene rings is 1. The Hall–Kier alpha value is -2.34. The summed E-state index contributed by atoms with van der Waals surface area (Å²) in [5.41, 5.74) is 1.77. The average molecular weight is 225 g/mol. The van der Waals surface area contributed by atoms with Gasteiger partial charge in [0.25, 0.3) is 0 Å². The van der Waals surface area contributed by atoms with Crippen molar-refractivity contribution in [2.24, 2.45) is 0 Å². The average Bonchev–Trinajstić information content (AvgIpc) is 2.39. The number of fused-ring (bicyclic) bond motifs is 1. The van der Waals surface area contributed by atoms with Crippen LogP contribution in [0.2, 0.25) is 0 Å². The SMILES string of the molecule is COC(=O)CC#Cc1cccc2ncccc12. The minimum atomic E-state index is -0.323. The van der Waals surface area contributed by atoms with Crippen molar-refractivity contribution in [3.8, 4) is 11.8 Å². The van der Waals surface area contributed by atoms with E-state index in [0.29, 0.717) is 0 Å². The van der Waals surface area contributed by atoms with Gasteiger partial charge in [0.1, 0.15) is 6.42 Å². The monoisotopic (exact) mass is 225 g/mol. The molecule has 0 aliphatic rings. The summed E-state index contributed by atoms with van der Waals surface area (Å²) in [7, 11) is 1.35. The van der Waals surface area contributed by atoms with E-state index in [2.05, 4.69) is 21.6 Å². The lowest BCUT2D eigenvalue weighted by Crippen LogP contribution is -1.97. The second-order valence-corrected chi connectivity index (χ2v) is 3.43. The summed E-state index contributed by atoms with van der Waals surface area (Å²) in [6.07, 6.45) is 1.85. The van der Waals surface area contributed by atoms with Crippen LogP contribution >= 0.6 is 0 Å². The number of esters is 1. The number of rotatable bonds is 1. The van der Waals surface area contributed by atoms with Gasteiger partial charge in [-0.1, -0.05) is 24.0 Å². The first-order valence-corrected chi connectivity index (χ1v) is 5.20. The van der Waals surface area contributed by atoms with Crippen LogP contribution in [0.4, 0.5) is 0 Å². The molecule has 0 saturated heterocycles. The van der Waals surface area contributed by atoms with Crippen LogP contribution < -0.4 is 0 Å². The van der Waals surface area contributed by atoms with E-state index >= 15 is 0 Å². The summed E-state index contributed by atoms with van der Waals surface area (Å²) < 4.78 is 4.52. The van der Waals surface area contributed by atoms with Crippen molar-refractivity contribution in [2.75, 3.05) is 7.11 Å². The Morgan fingerprint density at radius 1 is 1.35 bits per heavy atom. The van der Waals surface area contributed by atoms with E-state index in [1.54, 1.807) is 6.20 Å². The van der Waals surface area contributed by atoms with E-state index in [-0.39, 0.29) is 12.4 Å². The maximum atomic E-state index is 10.9. The van der Waals surface area contributed by atoms with Crippen molar-refractivity contribution >= 4 is 16.9 Å². The fourth-order valence-corrected chi connectivity index (χ4v) is 1.50. The molecule has 0 bridgehead atoms. The second kappa shape index (κ2) is 5.13. The minimum Gasteiger partial charge on any atom is -0.468 e. The molecule has 0 N–H and O–H groups in total. The van der Waals surface area contributed by atoms with E-state index < -0.39 is 0 Å². The van der Waals surface area contributed by atoms with Gasteiger partial charge in [-0.05, 0) is 18.2 Å². The molecule has 0 saturated carbocycles. The molecular formula is C14H11NO2. The number of hydrogen-bond donors (Lipinski definition) is 0. The van der Waals surface area contributed by atoms with Crippen LogP contribution in [0.25, 0.3) is 10.9 Å². The van der Waals surface area contributed by atoms with E-state index in [9.17, 15) is 4.79 Å². The van der Waals surface area contributed by atoms with Crippen molar-refractivity contribution in [1.29, 1.82) is 0 Å². The van der Waals surface area contributed by atoms with E-state index in [4.69, 9.17) is 0 Å². The van der Waals surface area contributed by atoms with Gasteiger partial charge in [0.2, 0.25) is 0 Å². The van der Waals surface area contributed by atoms with Crippen molar-refractivity contribution in [1.82, 2.24) is 4.98 Å². The molecule has 0 spiro atoms. The molecule has 1 heterocycles. The molecule has 2 rings (SSSR count).